The topological polar surface area (TPSA) is 84.4 Å². The van der Waals surface area contributed by atoms with E-state index in [-0.39, 0.29) is 24.3 Å². The summed E-state index contributed by atoms with van der Waals surface area (Å²) in [7, 11) is 1.74. The van der Waals surface area contributed by atoms with Gasteiger partial charge in [0.25, 0.3) is 0 Å². The maximum Gasteiger partial charge on any atom is 0.226 e. The third-order valence-corrected chi connectivity index (χ3v) is 5.13. The van der Waals surface area contributed by atoms with E-state index < -0.39 is 0 Å². The fourth-order valence-electron chi connectivity index (χ4n) is 2.73. The van der Waals surface area contributed by atoms with E-state index in [4.69, 9.17) is 4.74 Å². The number of hydrogen-bond donors (Lipinski definition) is 1. The molecule has 1 atom stereocenters. The number of amides is 2. The smallest absolute Gasteiger partial charge is 0.226 e. The molecule has 8 heteroatoms. The minimum Gasteiger partial charge on any atom is -0.371 e. The van der Waals surface area contributed by atoms with E-state index in [1.54, 1.807) is 11.9 Å². The summed E-state index contributed by atoms with van der Waals surface area (Å²) in [5.74, 6) is -0.171. The highest BCUT2D eigenvalue weighted by Crippen LogP contribution is 2.31. The summed E-state index contributed by atoms with van der Waals surface area (Å²) in [4.78, 5) is 25.8. The lowest BCUT2D eigenvalue weighted by Crippen LogP contribution is -2.26. The van der Waals surface area contributed by atoms with E-state index >= 15 is 0 Å². The van der Waals surface area contributed by atoms with E-state index in [0.717, 1.165) is 30.1 Å². The normalized spacial score (nSPS) is 16.4. The van der Waals surface area contributed by atoms with Crippen molar-refractivity contribution >= 4 is 34.0 Å². The minimum absolute atomic E-state index is 0.00398. The number of aromatic nitrogens is 2. The predicted molar refractivity (Wildman–Crippen MR) is 100 cm³/mol. The van der Waals surface area contributed by atoms with Crippen molar-refractivity contribution in [2.24, 2.45) is 0 Å². The highest BCUT2D eigenvalue weighted by atomic mass is 32.1. The Bertz CT molecular complexity index is 744. The zero-order chi connectivity index (χ0) is 18.4. The number of carbonyl (C=O) groups excluding carboxylic acids is 2. The first-order valence-electron chi connectivity index (χ1n) is 8.70. The van der Waals surface area contributed by atoms with Gasteiger partial charge in [-0.15, -0.1) is 10.2 Å². The first kappa shape index (κ1) is 18.5. The van der Waals surface area contributed by atoms with E-state index in [2.05, 4.69) is 15.5 Å². The Kier molecular flexibility index (Phi) is 6.30. The van der Waals surface area contributed by atoms with Crippen molar-refractivity contribution in [1.29, 1.82) is 0 Å². The molecule has 2 aromatic rings. The molecule has 3 rings (SSSR count). The van der Waals surface area contributed by atoms with E-state index in [1.165, 1.54) is 11.3 Å². The Morgan fingerprint density at radius 2 is 2.08 bits per heavy atom. The van der Waals surface area contributed by atoms with Crippen LogP contribution in [0, 0.1) is 0 Å². The van der Waals surface area contributed by atoms with Crippen LogP contribution in [0.5, 0.6) is 0 Å². The van der Waals surface area contributed by atoms with Gasteiger partial charge in [-0.1, -0.05) is 29.5 Å². The molecule has 1 aromatic heterocycles. The lowest BCUT2D eigenvalue weighted by molar-refractivity contribution is -0.118. The summed E-state index contributed by atoms with van der Waals surface area (Å²) in [5.41, 5.74) is 0.845. The van der Waals surface area contributed by atoms with Gasteiger partial charge >= 0.3 is 0 Å². The van der Waals surface area contributed by atoms with Crippen LogP contribution in [-0.2, 0) is 14.3 Å². The average molecular weight is 374 g/mol. The maximum atomic E-state index is 12.2. The molecule has 2 heterocycles. The number of nitrogens with one attached hydrogen (secondary N) is 1. The van der Waals surface area contributed by atoms with Crippen LogP contribution in [-0.4, -0.2) is 35.7 Å². The van der Waals surface area contributed by atoms with Crippen molar-refractivity contribution in [3.8, 4) is 0 Å². The molecule has 7 nitrogen and oxygen atoms in total. The molecule has 0 aliphatic carbocycles. The van der Waals surface area contributed by atoms with Gasteiger partial charge in [-0.05, 0) is 31.4 Å². The Labute approximate surface area is 156 Å². The molecule has 1 aliphatic heterocycles. The maximum absolute atomic E-state index is 12.2. The highest BCUT2D eigenvalue weighted by molar-refractivity contribution is 7.15. The van der Waals surface area contributed by atoms with Crippen LogP contribution < -0.4 is 10.2 Å². The fraction of sp³-hybridized carbons (Fsp3) is 0.444. The second-order valence-corrected chi connectivity index (χ2v) is 7.15. The molecule has 0 saturated carbocycles. The van der Waals surface area contributed by atoms with Gasteiger partial charge in [0.05, 0.1) is 0 Å². The molecule has 2 amide bonds. The van der Waals surface area contributed by atoms with Gasteiger partial charge in [0, 0.05) is 32.2 Å². The molecule has 1 N–H and O–H groups in total. The number of carbonyl (C=O) groups is 2. The van der Waals surface area contributed by atoms with Crippen LogP contribution in [0.2, 0.25) is 0 Å². The Morgan fingerprint density at radius 1 is 1.27 bits per heavy atom. The minimum atomic E-state index is -0.157. The van der Waals surface area contributed by atoms with E-state index in [9.17, 15) is 9.59 Å². The molecular formula is C18H22N4O3S. The summed E-state index contributed by atoms with van der Waals surface area (Å²) >= 11 is 1.35. The van der Waals surface area contributed by atoms with Crippen molar-refractivity contribution in [2.75, 3.05) is 23.9 Å². The quantitative estimate of drug-likeness (QED) is 0.805. The molecule has 0 spiro atoms. The van der Waals surface area contributed by atoms with Crippen molar-refractivity contribution in [2.45, 2.75) is 38.2 Å². The summed E-state index contributed by atoms with van der Waals surface area (Å²) in [5, 5.41) is 12.1. The Hall–Kier alpha value is -2.32. The summed E-state index contributed by atoms with van der Waals surface area (Å²) < 4.78 is 5.56. The second-order valence-electron chi connectivity index (χ2n) is 6.14. The zero-order valence-corrected chi connectivity index (χ0v) is 15.5. The fourth-order valence-corrected chi connectivity index (χ4v) is 3.58. The van der Waals surface area contributed by atoms with Crippen LogP contribution >= 0.6 is 11.3 Å². The lowest BCUT2D eigenvalue weighted by atomic mass is 10.2. The monoisotopic (exact) mass is 374 g/mol. The Balaban J connectivity index is 1.41. The molecule has 0 bridgehead atoms. The molecule has 1 fully saturated rings. The number of benzene rings is 1. The van der Waals surface area contributed by atoms with Crippen LogP contribution in [0.1, 0.15) is 43.2 Å². The van der Waals surface area contributed by atoms with Crippen molar-refractivity contribution < 1.29 is 14.3 Å². The highest BCUT2D eigenvalue weighted by Gasteiger charge is 2.22. The standard InChI is InChI=1S/C18H22N4O3S/c1-22(13-7-3-2-4-8-13)16(24)11-5-10-15(23)19-18-21-20-17(26-18)14-9-6-12-25-14/h2-4,7-8,14H,5-6,9-12H2,1H3,(H,19,21,23). The molecule has 1 aromatic carbocycles. The van der Waals surface area contributed by atoms with Gasteiger partial charge in [0.15, 0.2) is 0 Å². The molecule has 1 aliphatic rings. The van der Waals surface area contributed by atoms with Crippen LogP contribution in [0.15, 0.2) is 30.3 Å². The zero-order valence-electron chi connectivity index (χ0n) is 14.7. The number of anilines is 2. The number of ether oxygens (including phenoxy) is 1. The second kappa shape index (κ2) is 8.86. The predicted octanol–water partition coefficient (Wildman–Crippen LogP) is 3.16. The first-order valence-corrected chi connectivity index (χ1v) is 9.51. The van der Waals surface area contributed by atoms with Gasteiger partial charge in [0.1, 0.15) is 11.1 Å². The van der Waals surface area contributed by atoms with Crippen molar-refractivity contribution in [1.82, 2.24) is 10.2 Å². The van der Waals surface area contributed by atoms with E-state index in [1.807, 2.05) is 30.3 Å². The molecule has 138 valence electrons. The SMILES string of the molecule is CN(C(=O)CCCC(=O)Nc1nnc(C2CCCO2)s1)c1ccccc1. The van der Waals surface area contributed by atoms with Crippen molar-refractivity contribution in [3.63, 3.8) is 0 Å². The van der Waals surface area contributed by atoms with Crippen molar-refractivity contribution in [3.05, 3.63) is 35.3 Å². The average Bonchev–Trinajstić information content (AvgIpc) is 3.33. The van der Waals surface area contributed by atoms with Gasteiger partial charge in [0.2, 0.25) is 16.9 Å². The van der Waals surface area contributed by atoms with Gasteiger partial charge in [-0.25, -0.2) is 0 Å². The molecule has 1 saturated heterocycles. The van der Waals surface area contributed by atoms with Gasteiger partial charge in [-0.2, -0.15) is 0 Å². The number of nitrogens with zero attached hydrogens (tertiary/aromatic N) is 3. The third kappa shape index (κ3) is 4.86. The number of para-hydroxylation sites is 1. The summed E-state index contributed by atoms with van der Waals surface area (Å²) in [6.45, 7) is 0.747. The van der Waals surface area contributed by atoms with Crippen LogP contribution in [0.4, 0.5) is 10.8 Å². The summed E-state index contributed by atoms with van der Waals surface area (Å²) in [6, 6.07) is 9.44. The number of rotatable bonds is 7. The molecule has 26 heavy (non-hydrogen) atoms. The van der Waals surface area contributed by atoms with E-state index in [0.29, 0.717) is 18.0 Å². The van der Waals surface area contributed by atoms with Gasteiger partial charge in [-0.3, -0.25) is 9.59 Å². The largest absolute Gasteiger partial charge is 0.371 e. The summed E-state index contributed by atoms with van der Waals surface area (Å²) in [6.07, 6.45) is 3.04. The number of hydrogen-bond acceptors (Lipinski definition) is 6. The first-order chi connectivity index (χ1) is 12.6. The van der Waals surface area contributed by atoms with Crippen LogP contribution in [0.3, 0.4) is 0 Å². The molecule has 1 unspecified atom stereocenters. The lowest BCUT2D eigenvalue weighted by Gasteiger charge is -2.17. The van der Waals surface area contributed by atoms with Crippen LogP contribution in [0.25, 0.3) is 0 Å². The molecule has 0 radical (unpaired) electrons. The molecular weight excluding hydrogens is 352 g/mol. The third-order valence-electron chi connectivity index (χ3n) is 4.20. The Morgan fingerprint density at radius 3 is 2.81 bits per heavy atom. The van der Waals surface area contributed by atoms with Gasteiger partial charge < -0.3 is 15.0 Å².